The van der Waals surface area contributed by atoms with Crippen molar-refractivity contribution in [3.63, 3.8) is 0 Å². The number of amides is 2. The van der Waals surface area contributed by atoms with Crippen LogP contribution in [-0.2, 0) is 9.59 Å². The molecule has 0 radical (unpaired) electrons. The highest BCUT2D eigenvalue weighted by Gasteiger charge is 2.43. The molecule has 5 heteroatoms. The summed E-state index contributed by atoms with van der Waals surface area (Å²) >= 11 is 0. The van der Waals surface area contributed by atoms with Gasteiger partial charge < -0.3 is 15.5 Å². The van der Waals surface area contributed by atoms with E-state index >= 15 is 0 Å². The summed E-state index contributed by atoms with van der Waals surface area (Å²) < 4.78 is 0. The first-order valence-electron chi connectivity index (χ1n) is 8.45. The summed E-state index contributed by atoms with van der Waals surface area (Å²) in [5.41, 5.74) is -0.649. The second-order valence-corrected chi connectivity index (χ2v) is 6.30. The van der Waals surface area contributed by atoms with Crippen molar-refractivity contribution in [1.29, 1.82) is 0 Å². The summed E-state index contributed by atoms with van der Waals surface area (Å²) in [4.78, 5) is 27.3. The van der Waals surface area contributed by atoms with Gasteiger partial charge in [0, 0.05) is 19.6 Å². The highest BCUT2D eigenvalue weighted by Crippen LogP contribution is 2.30. The van der Waals surface area contributed by atoms with Gasteiger partial charge in [0.1, 0.15) is 5.54 Å². The third-order valence-corrected chi connectivity index (χ3v) is 4.96. The minimum atomic E-state index is -0.649. The summed E-state index contributed by atoms with van der Waals surface area (Å²) in [6.45, 7) is 7.05. The Balaban J connectivity index is 2.12. The molecule has 2 rings (SSSR count). The standard InChI is InChI=1S/C16H29N3O2/c1-3-19(4-2)15(21)16(9-6-5-7-10-16)18-14(20)13-8-11-17-12-13/h13,17H,3-12H2,1-2H3,(H,18,20). The number of carbonyl (C=O) groups is 2. The molecule has 1 aliphatic heterocycles. The van der Waals surface area contributed by atoms with Gasteiger partial charge in [-0.05, 0) is 39.7 Å². The summed E-state index contributed by atoms with van der Waals surface area (Å²) in [6.07, 6.45) is 5.66. The van der Waals surface area contributed by atoms with E-state index in [2.05, 4.69) is 10.6 Å². The molecular weight excluding hydrogens is 266 g/mol. The number of likely N-dealkylation sites (N-methyl/N-ethyl adjacent to an activating group) is 1. The van der Waals surface area contributed by atoms with Crippen molar-refractivity contribution in [2.45, 2.75) is 57.9 Å². The molecule has 1 unspecified atom stereocenters. The zero-order valence-corrected chi connectivity index (χ0v) is 13.4. The van der Waals surface area contributed by atoms with E-state index in [0.717, 1.165) is 51.6 Å². The van der Waals surface area contributed by atoms with Crippen molar-refractivity contribution in [2.75, 3.05) is 26.2 Å². The molecule has 5 nitrogen and oxygen atoms in total. The van der Waals surface area contributed by atoms with Crippen LogP contribution in [0.5, 0.6) is 0 Å². The summed E-state index contributed by atoms with van der Waals surface area (Å²) in [7, 11) is 0. The molecule has 2 aliphatic rings. The fourth-order valence-corrected chi connectivity index (χ4v) is 3.58. The molecule has 1 saturated heterocycles. The van der Waals surface area contributed by atoms with Gasteiger partial charge in [0.2, 0.25) is 11.8 Å². The van der Waals surface area contributed by atoms with E-state index in [1.807, 2.05) is 18.7 Å². The number of carbonyl (C=O) groups excluding carboxylic acids is 2. The number of rotatable bonds is 5. The van der Waals surface area contributed by atoms with Gasteiger partial charge in [0.25, 0.3) is 0 Å². The number of hydrogen-bond acceptors (Lipinski definition) is 3. The van der Waals surface area contributed by atoms with Crippen LogP contribution in [0.25, 0.3) is 0 Å². The Hall–Kier alpha value is -1.10. The average molecular weight is 295 g/mol. The fraction of sp³-hybridized carbons (Fsp3) is 0.875. The Morgan fingerprint density at radius 3 is 2.38 bits per heavy atom. The molecule has 2 amide bonds. The van der Waals surface area contributed by atoms with Crippen LogP contribution in [-0.4, -0.2) is 48.4 Å². The van der Waals surface area contributed by atoms with Crippen molar-refractivity contribution in [2.24, 2.45) is 5.92 Å². The lowest BCUT2D eigenvalue weighted by Gasteiger charge is -2.40. The minimum absolute atomic E-state index is 0.0216. The van der Waals surface area contributed by atoms with Crippen molar-refractivity contribution >= 4 is 11.8 Å². The zero-order chi connectivity index (χ0) is 15.3. The van der Waals surface area contributed by atoms with Crippen molar-refractivity contribution < 1.29 is 9.59 Å². The molecular formula is C16H29N3O2. The van der Waals surface area contributed by atoms with Gasteiger partial charge in [-0.15, -0.1) is 0 Å². The van der Waals surface area contributed by atoms with Crippen molar-refractivity contribution in [3.05, 3.63) is 0 Å². The second kappa shape index (κ2) is 7.25. The first-order chi connectivity index (χ1) is 10.1. The zero-order valence-electron chi connectivity index (χ0n) is 13.4. The first-order valence-corrected chi connectivity index (χ1v) is 8.45. The number of nitrogens with one attached hydrogen (secondary N) is 2. The van der Waals surface area contributed by atoms with E-state index < -0.39 is 5.54 Å². The SMILES string of the molecule is CCN(CC)C(=O)C1(NC(=O)C2CCNC2)CCCCC1. The van der Waals surface area contributed by atoms with Gasteiger partial charge in [0.05, 0.1) is 5.92 Å². The van der Waals surface area contributed by atoms with Gasteiger partial charge in [-0.3, -0.25) is 9.59 Å². The van der Waals surface area contributed by atoms with Gasteiger partial charge in [-0.1, -0.05) is 19.3 Å². The molecule has 1 heterocycles. The Morgan fingerprint density at radius 2 is 1.86 bits per heavy atom. The van der Waals surface area contributed by atoms with Crippen LogP contribution in [0.4, 0.5) is 0 Å². The van der Waals surface area contributed by atoms with Gasteiger partial charge in [0.15, 0.2) is 0 Å². The lowest BCUT2D eigenvalue weighted by molar-refractivity contribution is -0.144. The van der Waals surface area contributed by atoms with Crippen LogP contribution in [0.1, 0.15) is 52.4 Å². The van der Waals surface area contributed by atoms with Crippen LogP contribution < -0.4 is 10.6 Å². The van der Waals surface area contributed by atoms with Crippen LogP contribution in [0.2, 0.25) is 0 Å². The molecule has 1 saturated carbocycles. The van der Waals surface area contributed by atoms with Crippen molar-refractivity contribution in [3.8, 4) is 0 Å². The van der Waals surface area contributed by atoms with Crippen LogP contribution in [0, 0.1) is 5.92 Å². The number of nitrogens with zero attached hydrogens (tertiary/aromatic N) is 1. The summed E-state index contributed by atoms with van der Waals surface area (Å²) in [6, 6.07) is 0. The van der Waals surface area contributed by atoms with Crippen LogP contribution in [0.15, 0.2) is 0 Å². The lowest BCUT2D eigenvalue weighted by Crippen LogP contribution is -2.61. The molecule has 0 aromatic heterocycles. The predicted molar refractivity (Wildman–Crippen MR) is 82.9 cm³/mol. The molecule has 1 atom stereocenters. The molecule has 0 spiro atoms. The highest BCUT2D eigenvalue weighted by atomic mass is 16.2. The minimum Gasteiger partial charge on any atom is -0.341 e. The molecule has 0 aromatic rings. The normalized spacial score (nSPS) is 24.6. The molecule has 0 bridgehead atoms. The topological polar surface area (TPSA) is 61.4 Å². The maximum Gasteiger partial charge on any atom is 0.248 e. The number of hydrogen-bond donors (Lipinski definition) is 2. The average Bonchev–Trinajstić information content (AvgIpc) is 3.03. The maximum atomic E-state index is 12.9. The van der Waals surface area contributed by atoms with E-state index in [9.17, 15) is 9.59 Å². The smallest absolute Gasteiger partial charge is 0.248 e. The van der Waals surface area contributed by atoms with Gasteiger partial charge >= 0.3 is 0 Å². The van der Waals surface area contributed by atoms with Gasteiger partial charge in [-0.2, -0.15) is 0 Å². The fourth-order valence-electron chi connectivity index (χ4n) is 3.58. The second-order valence-electron chi connectivity index (χ2n) is 6.30. The van der Waals surface area contributed by atoms with Crippen LogP contribution in [0.3, 0.4) is 0 Å². The molecule has 120 valence electrons. The van der Waals surface area contributed by atoms with E-state index in [1.165, 1.54) is 0 Å². The molecule has 1 aliphatic carbocycles. The van der Waals surface area contributed by atoms with Gasteiger partial charge in [-0.25, -0.2) is 0 Å². The quantitative estimate of drug-likeness (QED) is 0.803. The largest absolute Gasteiger partial charge is 0.341 e. The molecule has 0 aromatic carbocycles. The van der Waals surface area contributed by atoms with E-state index in [0.29, 0.717) is 13.1 Å². The summed E-state index contributed by atoms with van der Waals surface area (Å²) in [5, 5.41) is 6.37. The Labute approximate surface area is 127 Å². The summed E-state index contributed by atoms with van der Waals surface area (Å²) in [5.74, 6) is 0.196. The monoisotopic (exact) mass is 295 g/mol. The Morgan fingerprint density at radius 1 is 1.19 bits per heavy atom. The lowest BCUT2D eigenvalue weighted by atomic mass is 9.80. The van der Waals surface area contributed by atoms with E-state index in [4.69, 9.17) is 0 Å². The maximum absolute atomic E-state index is 12.9. The first kappa shape index (κ1) is 16.3. The molecule has 2 N–H and O–H groups in total. The third-order valence-electron chi connectivity index (χ3n) is 4.96. The van der Waals surface area contributed by atoms with E-state index in [1.54, 1.807) is 0 Å². The third kappa shape index (κ3) is 3.57. The van der Waals surface area contributed by atoms with Crippen molar-refractivity contribution in [1.82, 2.24) is 15.5 Å². The van der Waals surface area contributed by atoms with E-state index in [-0.39, 0.29) is 17.7 Å². The predicted octanol–water partition coefficient (Wildman–Crippen LogP) is 1.28. The Kier molecular flexibility index (Phi) is 5.62. The molecule has 2 fully saturated rings. The highest BCUT2D eigenvalue weighted by molar-refractivity contribution is 5.92. The molecule has 21 heavy (non-hydrogen) atoms. The Bertz CT molecular complexity index is 368. The van der Waals surface area contributed by atoms with Crippen LogP contribution >= 0.6 is 0 Å².